The minimum Gasteiger partial charge on any atom is -0.328 e. The van der Waals surface area contributed by atoms with E-state index in [0.717, 1.165) is 11.8 Å². The first-order chi connectivity index (χ1) is 8.83. The average Bonchev–Trinajstić information content (AvgIpc) is 2.39. The summed E-state index contributed by atoms with van der Waals surface area (Å²) >= 11 is 0. The van der Waals surface area contributed by atoms with E-state index in [0.29, 0.717) is 6.04 Å². The van der Waals surface area contributed by atoms with Gasteiger partial charge >= 0.3 is 0 Å². The highest BCUT2D eigenvalue weighted by Crippen LogP contribution is 2.39. The van der Waals surface area contributed by atoms with Crippen molar-refractivity contribution in [3.63, 3.8) is 0 Å². The predicted molar refractivity (Wildman–Crippen MR) is 76.7 cm³/mol. The molecule has 2 aliphatic carbocycles. The molecular weight excluding hydrogens is 218 g/mol. The molecule has 0 radical (unpaired) electrons. The van der Waals surface area contributed by atoms with Crippen molar-refractivity contribution in [2.45, 2.75) is 63.3 Å². The topological polar surface area (TPSA) is 26.0 Å². The molecule has 98 valence electrons. The number of hydrogen-bond donors (Lipinski definition) is 1. The summed E-state index contributed by atoms with van der Waals surface area (Å²) in [6.45, 7) is 0. The maximum Gasteiger partial charge on any atom is 0.00414 e. The lowest BCUT2D eigenvalue weighted by atomic mass is 9.74. The Balaban J connectivity index is 1.70. The Hall–Kier alpha value is -0.820. The fourth-order valence-electron chi connectivity index (χ4n) is 4.05. The molecular formula is C17H25N. The molecule has 3 unspecified atom stereocenters. The molecule has 1 aromatic rings. The van der Waals surface area contributed by atoms with Crippen LogP contribution in [0.5, 0.6) is 0 Å². The van der Waals surface area contributed by atoms with Crippen LogP contribution in [-0.4, -0.2) is 6.04 Å². The van der Waals surface area contributed by atoms with E-state index >= 15 is 0 Å². The van der Waals surface area contributed by atoms with Gasteiger partial charge in [0, 0.05) is 6.04 Å². The van der Waals surface area contributed by atoms with Gasteiger partial charge < -0.3 is 5.73 Å². The van der Waals surface area contributed by atoms with Crippen molar-refractivity contribution < 1.29 is 0 Å². The zero-order valence-corrected chi connectivity index (χ0v) is 11.3. The van der Waals surface area contributed by atoms with Crippen LogP contribution in [0.3, 0.4) is 0 Å². The molecule has 1 aromatic carbocycles. The van der Waals surface area contributed by atoms with Gasteiger partial charge in [0.05, 0.1) is 0 Å². The van der Waals surface area contributed by atoms with Crippen molar-refractivity contribution in [1.29, 1.82) is 0 Å². The minimum absolute atomic E-state index is 0.475. The third kappa shape index (κ3) is 2.61. The zero-order chi connectivity index (χ0) is 12.4. The van der Waals surface area contributed by atoms with Gasteiger partial charge in [0.15, 0.2) is 0 Å². The van der Waals surface area contributed by atoms with Gasteiger partial charge in [-0.2, -0.15) is 0 Å². The minimum atomic E-state index is 0.475. The fourth-order valence-corrected chi connectivity index (χ4v) is 4.05. The smallest absolute Gasteiger partial charge is 0.00414 e. The van der Waals surface area contributed by atoms with Gasteiger partial charge in [0.2, 0.25) is 0 Å². The second kappa shape index (κ2) is 5.44. The van der Waals surface area contributed by atoms with Crippen molar-refractivity contribution >= 4 is 0 Å². The Morgan fingerprint density at radius 3 is 2.83 bits per heavy atom. The van der Waals surface area contributed by atoms with Gasteiger partial charge in [0.1, 0.15) is 0 Å². The van der Waals surface area contributed by atoms with E-state index in [2.05, 4.69) is 24.3 Å². The summed E-state index contributed by atoms with van der Waals surface area (Å²) in [5.41, 5.74) is 9.37. The Morgan fingerprint density at radius 2 is 1.94 bits per heavy atom. The summed E-state index contributed by atoms with van der Waals surface area (Å²) in [7, 11) is 0. The van der Waals surface area contributed by atoms with Crippen molar-refractivity contribution in [2.75, 3.05) is 0 Å². The van der Waals surface area contributed by atoms with Crippen LogP contribution in [0.1, 0.15) is 62.0 Å². The highest BCUT2D eigenvalue weighted by atomic mass is 14.6. The van der Waals surface area contributed by atoms with Gasteiger partial charge in [0.25, 0.3) is 0 Å². The number of fused-ring (bicyclic) bond motifs is 1. The third-order valence-electron chi connectivity index (χ3n) is 4.93. The van der Waals surface area contributed by atoms with E-state index in [1.807, 2.05) is 0 Å². The molecule has 1 fully saturated rings. The summed E-state index contributed by atoms with van der Waals surface area (Å²) in [6, 6.07) is 9.57. The highest BCUT2D eigenvalue weighted by Gasteiger charge is 2.26. The highest BCUT2D eigenvalue weighted by molar-refractivity contribution is 5.32. The van der Waals surface area contributed by atoms with Crippen molar-refractivity contribution in [2.24, 2.45) is 11.7 Å². The lowest BCUT2D eigenvalue weighted by Gasteiger charge is -2.32. The summed E-state index contributed by atoms with van der Waals surface area (Å²) in [5, 5.41) is 0. The second-order valence-electron chi connectivity index (χ2n) is 6.32. The quantitative estimate of drug-likeness (QED) is 0.834. The molecule has 0 aliphatic heterocycles. The summed E-state index contributed by atoms with van der Waals surface area (Å²) in [4.78, 5) is 0. The molecule has 1 saturated carbocycles. The maximum absolute atomic E-state index is 6.12. The van der Waals surface area contributed by atoms with Crippen LogP contribution in [-0.2, 0) is 6.42 Å². The Morgan fingerprint density at radius 1 is 1.06 bits per heavy atom. The molecule has 0 spiro atoms. The number of benzene rings is 1. The molecule has 0 amide bonds. The molecule has 1 nitrogen and oxygen atoms in total. The summed E-state index contributed by atoms with van der Waals surface area (Å²) in [6.07, 6.45) is 10.7. The van der Waals surface area contributed by atoms with Crippen LogP contribution >= 0.6 is 0 Å². The maximum atomic E-state index is 6.12. The molecule has 0 heterocycles. The van der Waals surface area contributed by atoms with E-state index in [4.69, 9.17) is 5.73 Å². The van der Waals surface area contributed by atoms with E-state index < -0.39 is 0 Å². The van der Waals surface area contributed by atoms with Crippen LogP contribution in [0.15, 0.2) is 24.3 Å². The molecule has 0 bridgehead atoms. The molecule has 3 atom stereocenters. The first kappa shape index (κ1) is 12.2. The zero-order valence-electron chi connectivity index (χ0n) is 11.3. The Kier molecular flexibility index (Phi) is 3.69. The van der Waals surface area contributed by atoms with Crippen LogP contribution in [0.25, 0.3) is 0 Å². The third-order valence-corrected chi connectivity index (χ3v) is 4.93. The Bertz CT molecular complexity index is 398. The molecule has 2 aliphatic rings. The van der Waals surface area contributed by atoms with Gasteiger partial charge in [-0.05, 0) is 61.5 Å². The first-order valence-electron chi connectivity index (χ1n) is 7.66. The van der Waals surface area contributed by atoms with Gasteiger partial charge in [-0.1, -0.05) is 37.1 Å². The molecule has 3 rings (SSSR count). The number of nitrogens with two attached hydrogens (primary N) is 1. The van der Waals surface area contributed by atoms with E-state index in [-0.39, 0.29) is 0 Å². The largest absolute Gasteiger partial charge is 0.328 e. The number of aryl methyl sites for hydroxylation is 1. The molecule has 18 heavy (non-hydrogen) atoms. The second-order valence-corrected chi connectivity index (χ2v) is 6.32. The van der Waals surface area contributed by atoms with E-state index in [9.17, 15) is 0 Å². The van der Waals surface area contributed by atoms with Crippen molar-refractivity contribution in [3.8, 4) is 0 Å². The van der Waals surface area contributed by atoms with Crippen LogP contribution in [0, 0.1) is 5.92 Å². The number of hydrogen-bond acceptors (Lipinski definition) is 1. The predicted octanol–water partition coefficient (Wildman–Crippen LogP) is 4.01. The van der Waals surface area contributed by atoms with E-state index in [1.165, 1.54) is 51.4 Å². The van der Waals surface area contributed by atoms with Gasteiger partial charge in [-0.25, -0.2) is 0 Å². The normalized spacial score (nSPS) is 31.9. The van der Waals surface area contributed by atoms with Crippen molar-refractivity contribution in [3.05, 3.63) is 35.4 Å². The lowest BCUT2D eigenvalue weighted by molar-refractivity contribution is 0.281. The summed E-state index contributed by atoms with van der Waals surface area (Å²) < 4.78 is 0. The standard InChI is InChI=1S/C17H25N/c18-16-9-3-5-13(12-16)11-15-8-4-7-14-6-1-2-10-17(14)15/h1-2,6,10,13,15-16H,3-5,7-9,11-12,18H2. The van der Waals surface area contributed by atoms with Gasteiger partial charge in [-0.3, -0.25) is 0 Å². The first-order valence-corrected chi connectivity index (χ1v) is 7.66. The van der Waals surface area contributed by atoms with E-state index in [1.54, 1.807) is 11.1 Å². The number of rotatable bonds is 2. The monoisotopic (exact) mass is 243 g/mol. The molecule has 2 N–H and O–H groups in total. The Labute approximate surface area is 111 Å². The van der Waals surface area contributed by atoms with Crippen LogP contribution < -0.4 is 5.73 Å². The fraction of sp³-hybridized carbons (Fsp3) is 0.647. The van der Waals surface area contributed by atoms with Gasteiger partial charge in [-0.15, -0.1) is 0 Å². The summed E-state index contributed by atoms with van der Waals surface area (Å²) in [5.74, 6) is 1.69. The average molecular weight is 243 g/mol. The van der Waals surface area contributed by atoms with Crippen LogP contribution in [0.2, 0.25) is 0 Å². The molecule has 0 aromatic heterocycles. The van der Waals surface area contributed by atoms with Crippen LogP contribution in [0.4, 0.5) is 0 Å². The molecule has 1 heteroatoms. The lowest BCUT2D eigenvalue weighted by Crippen LogP contribution is -2.29. The van der Waals surface area contributed by atoms with Crippen molar-refractivity contribution in [1.82, 2.24) is 0 Å². The SMILES string of the molecule is NC1CCCC(CC2CCCc3ccccc32)C1. The molecule has 0 saturated heterocycles.